The smallest absolute Gasteiger partial charge is 0.394 e. The highest BCUT2D eigenvalue weighted by Crippen LogP contribution is 2.38. The predicted octanol–water partition coefficient (Wildman–Crippen LogP) is 1.29. The van der Waals surface area contributed by atoms with Crippen LogP contribution in [-0.2, 0) is 9.59 Å². The third-order valence-electron chi connectivity index (χ3n) is 3.81. The summed E-state index contributed by atoms with van der Waals surface area (Å²) in [7, 11) is 3.35. The van der Waals surface area contributed by atoms with Crippen LogP contribution >= 0.6 is 0 Å². The van der Waals surface area contributed by atoms with Crippen LogP contribution < -0.4 is 0 Å². The molecule has 0 radical (unpaired) electrons. The van der Waals surface area contributed by atoms with Gasteiger partial charge in [0.15, 0.2) is 0 Å². The molecule has 1 rings (SSSR count). The molecule has 0 aromatic rings. The van der Waals surface area contributed by atoms with Gasteiger partial charge in [-0.3, -0.25) is 14.5 Å². The molecule has 1 saturated heterocycles. The van der Waals surface area contributed by atoms with Gasteiger partial charge in [-0.2, -0.15) is 13.2 Å². The molecule has 1 aliphatic rings. The van der Waals surface area contributed by atoms with Crippen LogP contribution in [0.15, 0.2) is 0 Å². The van der Waals surface area contributed by atoms with Crippen LogP contribution in [0, 0.1) is 17.8 Å². The van der Waals surface area contributed by atoms with E-state index in [1.807, 2.05) is 0 Å². The van der Waals surface area contributed by atoms with E-state index in [1.54, 1.807) is 32.8 Å². The molecule has 1 heterocycles. The SMILES string of the molecule is CC(C)C(C(=O)N1C[C@@H](C(F)(F)F)[C@H](C(=O)O)C1)N(C)C. The third kappa shape index (κ3) is 3.87. The minimum atomic E-state index is -4.62. The highest BCUT2D eigenvalue weighted by atomic mass is 19.4. The van der Waals surface area contributed by atoms with Crippen LogP contribution in [-0.4, -0.2) is 66.2 Å². The molecule has 8 heteroatoms. The molecule has 1 amide bonds. The summed E-state index contributed by atoms with van der Waals surface area (Å²) in [6.07, 6.45) is -4.62. The van der Waals surface area contributed by atoms with Crippen molar-refractivity contribution >= 4 is 11.9 Å². The Labute approximate surface area is 121 Å². The van der Waals surface area contributed by atoms with Crippen molar-refractivity contribution in [3.63, 3.8) is 0 Å². The molecule has 0 aromatic heterocycles. The standard InChI is InChI=1S/C13H21F3N2O3/c1-7(2)10(17(3)4)11(19)18-5-8(12(20)21)9(6-18)13(14,15)16/h7-10H,5-6H2,1-4H3,(H,20,21)/t8-,9-,10?/m1/s1. The molecule has 0 aromatic carbocycles. The van der Waals surface area contributed by atoms with E-state index in [0.29, 0.717) is 0 Å². The summed E-state index contributed by atoms with van der Waals surface area (Å²) in [5, 5.41) is 8.96. The van der Waals surface area contributed by atoms with Crippen molar-refractivity contribution in [2.24, 2.45) is 17.8 Å². The molecular formula is C13H21F3N2O3. The van der Waals surface area contributed by atoms with Gasteiger partial charge in [-0.25, -0.2) is 0 Å². The van der Waals surface area contributed by atoms with E-state index in [4.69, 9.17) is 5.11 Å². The van der Waals surface area contributed by atoms with E-state index in [1.165, 1.54) is 0 Å². The van der Waals surface area contributed by atoms with Gasteiger partial charge in [-0.05, 0) is 20.0 Å². The summed E-state index contributed by atoms with van der Waals surface area (Å²) in [5.41, 5.74) is 0. The Morgan fingerprint density at radius 1 is 1.24 bits per heavy atom. The second kappa shape index (κ2) is 6.21. The van der Waals surface area contributed by atoms with E-state index in [2.05, 4.69) is 0 Å². The Bertz CT molecular complexity index is 402. The Kier molecular flexibility index (Phi) is 5.25. The quantitative estimate of drug-likeness (QED) is 0.850. The number of halogens is 3. The minimum Gasteiger partial charge on any atom is -0.481 e. The number of likely N-dealkylation sites (N-methyl/N-ethyl adjacent to an activating group) is 1. The molecule has 122 valence electrons. The number of hydrogen-bond acceptors (Lipinski definition) is 3. The molecule has 1 unspecified atom stereocenters. The van der Waals surface area contributed by atoms with Gasteiger partial charge in [0, 0.05) is 13.1 Å². The summed E-state index contributed by atoms with van der Waals surface area (Å²) in [4.78, 5) is 26.1. The molecular weight excluding hydrogens is 289 g/mol. The molecule has 1 N–H and O–H groups in total. The molecule has 1 fully saturated rings. The highest BCUT2D eigenvalue weighted by Gasteiger charge is 2.54. The number of amides is 1. The summed E-state index contributed by atoms with van der Waals surface area (Å²) < 4.78 is 38.7. The fourth-order valence-electron chi connectivity index (χ4n) is 2.86. The van der Waals surface area contributed by atoms with Crippen LogP contribution in [0.3, 0.4) is 0 Å². The van der Waals surface area contributed by atoms with Crippen molar-refractivity contribution in [3.8, 4) is 0 Å². The first-order valence-corrected chi connectivity index (χ1v) is 6.71. The first-order valence-electron chi connectivity index (χ1n) is 6.71. The zero-order chi connectivity index (χ0) is 16.5. The van der Waals surface area contributed by atoms with Gasteiger partial charge in [0.1, 0.15) is 0 Å². The number of rotatable bonds is 4. The van der Waals surface area contributed by atoms with Crippen LogP contribution in [0.1, 0.15) is 13.8 Å². The van der Waals surface area contributed by atoms with Crippen molar-refractivity contribution in [2.45, 2.75) is 26.1 Å². The Hall–Kier alpha value is -1.31. The van der Waals surface area contributed by atoms with E-state index < -0.39 is 49.0 Å². The van der Waals surface area contributed by atoms with Gasteiger partial charge in [0.25, 0.3) is 0 Å². The van der Waals surface area contributed by atoms with Crippen LogP contribution in [0.2, 0.25) is 0 Å². The maximum absolute atomic E-state index is 12.9. The molecule has 5 nitrogen and oxygen atoms in total. The molecule has 0 bridgehead atoms. The van der Waals surface area contributed by atoms with Gasteiger partial charge in [-0.15, -0.1) is 0 Å². The topological polar surface area (TPSA) is 60.9 Å². The number of likely N-dealkylation sites (tertiary alicyclic amines) is 1. The molecule has 21 heavy (non-hydrogen) atoms. The van der Waals surface area contributed by atoms with Crippen LogP contribution in [0.5, 0.6) is 0 Å². The molecule has 1 aliphatic heterocycles. The zero-order valence-corrected chi connectivity index (χ0v) is 12.5. The number of nitrogens with zero attached hydrogens (tertiary/aromatic N) is 2. The van der Waals surface area contributed by atoms with E-state index in [-0.39, 0.29) is 5.92 Å². The number of aliphatic carboxylic acids is 1. The molecule has 3 atom stereocenters. The predicted molar refractivity (Wildman–Crippen MR) is 69.6 cm³/mol. The molecule has 0 saturated carbocycles. The fourth-order valence-corrected chi connectivity index (χ4v) is 2.86. The maximum atomic E-state index is 12.9. The summed E-state index contributed by atoms with van der Waals surface area (Å²) in [5.74, 6) is -5.65. The molecule has 0 spiro atoms. The molecule has 0 aliphatic carbocycles. The average molecular weight is 310 g/mol. The summed E-state index contributed by atoms with van der Waals surface area (Å²) >= 11 is 0. The van der Waals surface area contributed by atoms with Gasteiger partial charge < -0.3 is 10.0 Å². The van der Waals surface area contributed by atoms with Crippen LogP contribution in [0.25, 0.3) is 0 Å². The second-order valence-electron chi connectivity index (χ2n) is 5.99. The van der Waals surface area contributed by atoms with Crippen molar-refractivity contribution in [2.75, 3.05) is 27.2 Å². The van der Waals surface area contributed by atoms with Gasteiger partial charge >= 0.3 is 12.1 Å². The minimum absolute atomic E-state index is 0.0827. The second-order valence-corrected chi connectivity index (χ2v) is 5.99. The van der Waals surface area contributed by atoms with Gasteiger partial charge in [-0.1, -0.05) is 13.8 Å². The number of carbonyl (C=O) groups is 2. The lowest BCUT2D eigenvalue weighted by molar-refractivity contribution is -0.188. The lowest BCUT2D eigenvalue weighted by Gasteiger charge is -2.31. The lowest BCUT2D eigenvalue weighted by atomic mass is 9.96. The van der Waals surface area contributed by atoms with Gasteiger partial charge in [0.05, 0.1) is 17.9 Å². The maximum Gasteiger partial charge on any atom is 0.394 e. The Morgan fingerprint density at radius 3 is 2.05 bits per heavy atom. The van der Waals surface area contributed by atoms with Gasteiger partial charge in [0.2, 0.25) is 5.91 Å². The first-order chi connectivity index (χ1) is 9.46. The van der Waals surface area contributed by atoms with E-state index >= 15 is 0 Å². The fraction of sp³-hybridized carbons (Fsp3) is 0.846. The van der Waals surface area contributed by atoms with Crippen LogP contribution in [0.4, 0.5) is 13.2 Å². The van der Waals surface area contributed by atoms with E-state index in [9.17, 15) is 22.8 Å². The monoisotopic (exact) mass is 310 g/mol. The normalized spacial score (nSPS) is 24.7. The van der Waals surface area contributed by atoms with Crippen molar-refractivity contribution in [3.05, 3.63) is 0 Å². The summed E-state index contributed by atoms with van der Waals surface area (Å²) in [6.45, 7) is 2.62. The number of carboxylic acid groups (broad SMARTS) is 1. The Morgan fingerprint density at radius 2 is 1.76 bits per heavy atom. The third-order valence-corrected chi connectivity index (χ3v) is 3.81. The number of carboxylic acids is 1. The number of carbonyl (C=O) groups excluding carboxylic acids is 1. The largest absolute Gasteiger partial charge is 0.481 e. The van der Waals surface area contributed by atoms with E-state index in [0.717, 1.165) is 4.90 Å². The lowest BCUT2D eigenvalue weighted by Crippen LogP contribution is -2.48. The zero-order valence-electron chi connectivity index (χ0n) is 12.5. The summed E-state index contributed by atoms with van der Waals surface area (Å²) in [6, 6.07) is -0.563. The van der Waals surface area contributed by atoms with Crippen molar-refractivity contribution < 1.29 is 27.9 Å². The highest BCUT2D eigenvalue weighted by molar-refractivity contribution is 5.83. The van der Waals surface area contributed by atoms with Crippen molar-refractivity contribution in [1.82, 2.24) is 9.80 Å². The Balaban J connectivity index is 2.96. The number of alkyl halides is 3. The average Bonchev–Trinajstić information content (AvgIpc) is 2.71. The van der Waals surface area contributed by atoms with Crippen molar-refractivity contribution in [1.29, 1.82) is 0 Å². The first kappa shape index (κ1) is 17.7. The number of hydrogen-bond donors (Lipinski definition) is 1.